The Morgan fingerprint density at radius 2 is 1.94 bits per heavy atom. The average molecular weight is 234 g/mol. The molecule has 17 heavy (non-hydrogen) atoms. The summed E-state index contributed by atoms with van der Waals surface area (Å²) in [4.78, 5) is 0. The molecule has 1 saturated carbocycles. The minimum Gasteiger partial charge on any atom is -0.490 e. The van der Waals surface area contributed by atoms with E-state index in [1.54, 1.807) is 0 Å². The third-order valence-electron chi connectivity index (χ3n) is 3.51. The van der Waals surface area contributed by atoms with Crippen molar-refractivity contribution in [1.82, 2.24) is 0 Å². The van der Waals surface area contributed by atoms with E-state index in [1.807, 2.05) is 31.2 Å². The van der Waals surface area contributed by atoms with Crippen LogP contribution in [0.5, 0.6) is 5.75 Å². The molecular formula is C15H22O2. The quantitative estimate of drug-likeness (QED) is 0.857. The number of para-hydroxylation sites is 1. The largest absolute Gasteiger partial charge is 0.490 e. The smallest absolute Gasteiger partial charge is 0.125 e. The van der Waals surface area contributed by atoms with Crippen LogP contribution in [0, 0.1) is 0 Å². The molecule has 0 bridgehead atoms. The molecule has 1 atom stereocenters. The van der Waals surface area contributed by atoms with Crippen LogP contribution in [-0.2, 0) is 0 Å². The zero-order chi connectivity index (χ0) is 12.1. The van der Waals surface area contributed by atoms with Crippen LogP contribution >= 0.6 is 0 Å². The van der Waals surface area contributed by atoms with E-state index in [4.69, 9.17) is 4.74 Å². The molecular weight excluding hydrogens is 212 g/mol. The number of ether oxygens (including phenoxy) is 1. The van der Waals surface area contributed by atoms with Gasteiger partial charge in [-0.25, -0.2) is 0 Å². The van der Waals surface area contributed by atoms with E-state index < -0.39 is 6.10 Å². The first-order valence-electron chi connectivity index (χ1n) is 6.75. The number of hydrogen-bond donors (Lipinski definition) is 1. The highest BCUT2D eigenvalue weighted by atomic mass is 16.5. The van der Waals surface area contributed by atoms with Crippen molar-refractivity contribution in [1.29, 1.82) is 0 Å². The van der Waals surface area contributed by atoms with Gasteiger partial charge in [0, 0.05) is 5.56 Å². The lowest BCUT2D eigenvalue weighted by Gasteiger charge is -2.25. The molecule has 0 aliphatic heterocycles. The van der Waals surface area contributed by atoms with Gasteiger partial charge in [-0.15, -0.1) is 0 Å². The van der Waals surface area contributed by atoms with Crippen LogP contribution in [0.1, 0.15) is 57.1 Å². The van der Waals surface area contributed by atoms with Crippen molar-refractivity contribution in [3.05, 3.63) is 29.8 Å². The molecule has 0 heterocycles. The molecule has 2 rings (SSSR count). The minimum absolute atomic E-state index is 0.342. The Balaban J connectivity index is 2.08. The molecule has 0 saturated heterocycles. The van der Waals surface area contributed by atoms with E-state index >= 15 is 0 Å². The Bertz CT molecular complexity index is 343. The first-order valence-corrected chi connectivity index (χ1v) is 6.75. The van der Waals surface area contributed by atoms with E-state index in [2.05, 4.69) is 0 Å². The topological polar surface area (TPSA) is 29.5 Å². The Morgan fingerprint density at radius 3 is 2.65 bits per heavy atom. The Labute approximate surface area is 104 Å². The first-order chi connectivity index (χ1) is 8.31. The van der Waals surface area contributed by atoms with Gasteiger partial charge in [0.05, 0.1) is 12.2 Å². The first kappa shape index (κ1) is 12.4. The summed E-state index contributed by atoms with van der Waals surface area (Å²) in [6.45, 7) is 1.99. The van der Waals surface area contributed by atoms with Crippen LogP contribution in [0.15, 0.2) is 24.3 Å². The lowest BCUT2D eigenvalue weighted by atomic mass is 9.97. The Hall–Kier alpha value is -1.02. The number of aliphatic hydroxyl groups excluding tert-OH is 1. The number of hydrogen-bond acceptors (Lipinski definition) is 2. The highest BCUT2D eigenvalue weighted by Crippen LogP contribution is 2.30. The lowest BCUT2D eigenvalue weighted by Crippen LogP contribution is -2.20. The maximum absolute atomic E-state index is 9.96. The fourth-order valence-electron chi connectivity index (χ4n) is 2.45. The predicted octanol–water partition coefficient (Wildman–Crippen LogP) is 3.84. The van der Waals surface area contributed by atoms with Gasteiger partial charge in [-0.1, -0.05) is 31.5 Å². The lowest BCUT2D eigenvalue weighted by molar-refractivity contribution is 0.135. The van der Waals surface area contributed by atoms with Crippen LogP contribution in [0.3, 0.4) is 0 Å². The van der Waals surface area contributed by atoms with Crippen molar-refractivity contribution in [3.63, 3.8) is 0 Å². The highest BCUT2D eigenvalue weighted by Gasteiger charge is 2.18. The summed E-state index contributed by atoms with van der Waals surface area (Å²) in [5.41, 5.74) is 0.931. The molecule has 0 spiro atoms. The van der Waals surface area contributed by atoms with E-state index in [-0.39, 0.29) is 0 Å². The maximum Gasteiger partial charge on any atom is 0.125 e. The fourth-order valence-corrected chi connectivity index (χ4v) is 2.45. The normalized spacial score (nSPS) is 18.9. The summed E-state index contributed by atoms with van der Waals surface area (Å²) in [5, 5.41) is 9.96. The van der Waals surface area contributed by atoms with E-state index in [0.29, 0.717) is 6.10 Å². The van der Waals surface area contributed by atoms with Gasteiger partial charge in [0.25, 0.3) is 0 Å². The van der Waals surface area contributed by atoms with Crippen molar-refractivity contribution < 1.29 is 9.84 Å². The third-order valence-corrected chi connectivity index (χ3v) is 3.51. The molecule has 0 aromatic heterocycles. The average Bonchev–Trinajstić information content (AvgIpc) is 2.40. The Morgan fingerprint density at radius 1 is 1.24 bits per heavy atom. The SMILES string of the molecule is CC[C@H](O)c1ccccc1OC1CCCCC1. The van der Waals surface area contributed by atoms with Gasteiger partial charge >= 0.3 is 0 Å². The van der Waals surface area contributed by atoms with Gasteiger partial charge in [-0.05, 0) is 38.2 Å². The van der Waals surface area contributed by atoms with Crippen LogP contribution < -0.4 is 4.74 Å². The van der Waals surface area contributed by atoms with Gasteiger partial charge < -0.3 is 9.84 Å². The van der Waals surface area contributed by atoms with Crippen LogP contribution in [0.4, 0.5) is 0 Å². The molecule has 1 N–H and O–H groups in total. The van der Waals surface area contributed by atoms with Gasteiger partial charge in [0.15, 0.2) is 0 Å². The summed E-state index contributed by atoms with van der Waals surface area (Å²) in [6, 6.07) is 7.88. The van der Waals surface area contributed by atoms with E-state index in [0.717, 1.165) is 30.6 Å². The van der Waals surface area contributed by atoms with Crippen molar-refractivity contribution in [2.75, 3.05) is 0 Å². The monoisotopic (exact) mass is 234 g/mol. The molecule has 1 aliphatic carbocycles. The second-order valence-electron chi connectivity index (χ2n) is 4.84. The maximum atomic E-state index is 9.96. The number of rotatable bonds is 4. The van der Waals surface area contributed by atoms with E-state index in [9.17, 15) is 5.11 Å². The van der Waals surface area contributed by atoms with Crippen LogP contribution in [0.2, 0.25) is 0 Å². The molecule has 94 valence electrons. The van der Waals surface area contributed by atoms with Crippen molar-refractivity contribution in [2.24, 2.45) is 0 Å². The zero-order valence-corrected chi connectivity index (χ0v) is 10.6. The van der Waals surface area contributed by atoms with Gasteiger partial charge in [0.1, 0.15) is 5.75 Å². The number of aliphatic hydroxyl groups is 1. The molecule has 1 aromatic rings. The van der Waals surface area contributed by atoms with Crippen LogP contribution in [-0.4, -0.2) is 11.2 Å². The summed E-state index contributed by atoms with van der Waals surface area (Å²) < 4.78 is 6.05. The molecule has 2 nitrogen and oxygen atoms in total. The predicted molar refractivity (Wildman–Crippen MR) is 69.2 cm³/mol. The second kappa shape index (κ2) is 6.06. The second-order valence-corrected chi connectivity index (χ2v) is 4.84. The minimum atomic E-state index is -0.408. The molecule has 0 radical (unpaired) electrons. The molecule has 1 aliphatic rings. The molecule has 0 unspecified atom stereocenters. The fraction of sp³-hybridized carbons (Fsp3) is 0.600. The standard InChI is InChI=1S/C15H22O2/c1-2-14(16)13-10-6-7-11-15(13)17-12-8-4-3-5-9-12/h6-7,10-12,14,16H,2-5,8-9H2,1H3/t14-/m0/s1. The highest BCUT2D eigenvalue weighted by molar-refractivity contribution is 5.35. The Kier molecular flexibility index (Phi) is 4.43. The zero-order valence-electron chi connectivity index (χ0n) is 10.6. The van der Waals surface area contributed by atoms with Crippen molar-refractivity contribution >= 4 is 0 Å². The summed E-state index contributed by atoms with van der Waals surface area (Å²) in [7, 11) is 0. The van der Waals surface area contributed by atoms with Crippen molar-refractivity contribution in [2.45, 2.75) is 57.7 Å². The molecule has 1 aromatic carbocycles. The van der Waals surface area contributed by atoms with Crippen LogP contribution in [0.25, 0.3) is 0 Å². The van der Waals surface area contributed by atoms with Gasteiger partial charge in [-0.2, -0.15) is 0 Å². The molecule has 2 heteroatoms. The molecule has 1 fully saturated rings. The number of benzene rings is 1. The summed E-state index contributed by atoms with van der Waals surface area (Å²) in [6.07, 6.45) is 6.83. The van der Waals surface area contributed by atoms with E-state index in [1.165, 1.54) is 19.3 Å². The van der Waals surface area contributed by atoms with Crippen molar-refractivity contribution in [3.8, 4) is 5.75 Å². The van der Waals surface area contributed by atoms with Gasteiger partial charge in [-0.3, -0.25) is 0 Å². The summed E-state index contributed by atoms with van der Waals surface area (Å²) in [5.74, 6) is 0.869. The third kappa shape index (κ3) is 3.22. The molecule has 0 amide bonds. The van der Waals surface area contributed by atoms with Gasteiger partial charge in [0.2, 0.25) is 0 Å². The summed E-state index contributed by atoms with van der Waals surface area (Å²) >= 11 is 0.